The molecular weight excluding hydrogens is 450 g/mol. The van der Waals surface area contributed by atoms with Crippen LogP contribution in [0.1, 0.15) is 0 Å². The van der Waals surface area contributed by atoms with Gasteiger partial charge in [0.1, 0.15) is 17.1 Å². The number of carboxylic acids is 1. The van der Waals surface area contributed by atoms with Crippen LogP contribution in [-0.2, 0) is 33.5 Å². The third-order valence-electron chi connectivity index (χ3n) is 3.84. The van der Waals surface area contributed by atoms with Crippen molar-refractivity contribution in [2.75, 3.05) is 31.6 Å². The van der Waals surface area contributed by atoms with Gasteiger partial charge < -0.3 is 20.0 Å². The Labute approximate surface area is 178 Å². The lowest BCUT2D eigenvalue weighted by Crippen LogP contribution is -2.71. The maximum atomic E-state index is 12.5. The van der Waals surface area contributed by atoms with Crippen LogP contribution in [0, 0.1) is 0 Å². The molecule has 0 aromatic carbocycles. The Kier molecular flexibility index (Phi) is 7.93. The molecule has 2 aliphatic rings. The molecule has 1 unspecified atom stereocenters. The summed E-state index contributed by atoms with van der Waals surface area (Å²) < 4.78 is 4.34. The molecule has 1 fully saturated rings. The zero-order valence-electron chi connectivity index (χ0n) is 15.2. The summed E-state index contributed by atoms with van der Waals surface area (Å²) in [6.07, 6.45) is 1.71. The highest BCUT2D eigenvalue weighted by Crippen LogP contribution is 2.42. The normalized spacial score (nSPS) is 21.1. The number of hydrogen-bond acceptors (Lipinski definition) is 10. The molecule has 158 valence electrons. The highest BCUT2D eigenvalue weighted by Gasteiger charge is 2.54. The number of carboxylic acid groups (broad SMARTS) is 1. The van der Waals surface area contributed by atoms with Gasteiger partial charge in [-0.05, 0) is 6.26 Å². The van der Waals surface area contributed by atoms with Gasteiger partial charge in [-0.1, -0.05) is 5.16 Å². The average Bonchev–Trinajstić information content (AvgIpc) is 2.72. The quantitative estimate of drug-likeness (QED) is 0.113. The number of rotatable bonds is 9. The lowest BCUT2D eigenvalue weighted by molar-refractivity contribution is -0.150. The summed E-state index contributed by atoms with van der Waals surface area (Å²) in [4.78, 5) is 65.6. The van der Waals surface area contributed by atoms with Crippen molar-refractivity contribution in [2.24, 2.45) is 5.16 Å². The SMILES string of the molecule is COC(=O)CON=C(C(=O)CCl)C(=O)NC1C(=O)N2C(C(=O)O)=C(SC)CS[C@@H]12. The van der Waals surface area contributed by atoms with Crippen molar-refractivity contribution in [2.45, 2.75) is 11.4 Å². The van der Waals surface area contributed by atoms with Crippen molar-refractivity contribution in [1.29, 1.82) is 0 Å². The molecule has 0 saturated carbocycles. The van der Waals surface area contributed by atoms with Crippen molar-refractivity contribution in [3.05, 3.63) is 10.6 Å². The topological polar surface area (TPSA) is 152 Å². The first kappa shape index (κ1) is 23.0. The number of ether oxygens (including phenoxy) is 1. The number of thioether (sulfide) groups is 2. The monoisotopic (exact) mass is 465 g/mol. The van der Waals surface area contributed by atoms with E-state index in [4.69, 9.17) is 11.6 Å². The molecule has 2 atom stereocenters. The largest absolute Gasteiger partial charge is 0.477 e. The van der Waals surface area contributed by atoms with Crippen molar-refractivity contribution in [3.63, 3.8) is 0 Å². The van der Waals surface area contributed by atoms with Gasteiger partial charge in [-0.3, -0.25) is 19.3 Å². The lowest BCUT2D eigenvalue weighted by atomic mass is 10.0. The van der Waals surface area contributed by atoms with Gasteiger partial charge in [0, 0.05) is 10.7 Å². The van der Waals surface area contributed by atoms with Crippen LogP contribution in [0.15, 0.2) is 15.8 Å². The number of carbonyl (C=O) groups is 5. The predicted molar refractivity (Wildman–Crippen MR) is 104 cm³/mol. The Bertz CT molecular complexity index is 815. The van der Waals surface area contributed by atoms with Crippen LogP contribution in [0.4, 0.5) is 0 Å². The van der Waals surface area contributed by atoms with Gasteiger partial charge in [-0.2, -0.15) is 0 Å². The van der Waals surface area contributed by atoms with E-state index < -0.39 is 59.2 Å². The van der Waals surface area contributed by atoms with E-state index >= 15 is 0 Å². The van der Waals surface area contributed by atoms with E-state index in [0.717, 1.165) is 12.0 Å². The van der Waals surface area contributed by atoms with Crippen molar-refractivity contribution in [3.8, 4) is 0 Å². The Balaban J connectivity index is 2.13. The Hall–Kier alpha value is -2.25. The maximum Gasteiger partial charge on any atom is 0.353 e. The van der Waals surface area contributed by atoms with E-state index in [0.29, 0.717) is 10.7 Å². The molecule has 11 nitrogen and oxygen atoms in total. The summed E-state index contributed by atoms with van der Waals surface area (Å²) in [5.74, 6) is -4.80. The van der Waals surface area contributed by atoms with Gasteiger partial charge in [-0.15, -0.1) is 35.1 Å². The van der Waals surface area contributed by atoms with Crippen molar-refractivity contribution >= 4 is 70.4 Å². The number of hydrogen-bond donors (Lipinski definition) is 2. The van der Waals surface area contributed by atoms with Gasteiger partial charge >= 0.3 is 11.9 Å². The predicted octanol–water partition coefficient (Wildman–Crippen LogP) is -0.601. The molecule has 0 aliphatic carbocycles. The first-order valence-electron chi connectivity index (χ1n) is 7.88. The van der Waals surface area contributed by atoms with Gasteiger partial charge in [0.2, 0.25) is 18.1 Å². The number of nitrogens with one attached hydrogen (secondary N) is 1. The van der Waals surface area contributed by atoms with Crippen LogP contribution in [0.25, 0.3) is 0 Å². The molecule has 2 rings (SSSR count). The molecule has 2 heterocycles. The van der Waals surface area contributed by atoms with Crippen molar-refractivity contribution < 1.29 is 38.7 Å². The fourth-order valence-corrected chi connectivity index (χ4v) is 4.82. The summed E-state index contributed by atoms with van der Waals surface area (Å²) in [6, 6.07) is -1.06. The van der Waals surface area contributed by atoms with E-state index in [2.05, 4.69) is 20.0 Å². The van der Waals surface area contributed by atoms with Gasteiger partial charge in [0.15, 0.2) is 0 Å². The second-order valence-electron chi connectivity index (χ2n) is 5.49. The lowest BCUT2D eigenvalue weighted by Gasteiger charge is -2.49. The molecule has 14 heteroatoms. The van der Waals surface area contributed by atoms with Gasteiger partial charge in [0.05, 0.1) is 13.0 Å². The average molecular weight is 466 g/mol. The fourth-order valence-electron chi connectivity index (χ4n) is 2.45. The van der Waals surface area contributed by atoms with E-state index in [9.17, 15) is 29.1 Å². The standard InChI is InChI=1S/C15H16ClN3O8S2/c1-26-8(21)4-27-18-9(6(20)3-16)12(22)17-10-13(23)19-11(15(24)25)7(28-2)5-29-14(10)19/h10,14H,3-5H2,1-2H3,(H,17,22)(H,24,25)/t10?,14-/m0/s1. The molecule has 2 aliphatic heterocycles. The summed E-state index contributed by atoms with van der Waals surface area (Å²) in [5.41, 5.74) is -0.848. The van der Waals surface area contributed by atoms with Crippen LogP contribution >= 0.6 is 35.1 Å². The summed E-state index contributed by atoms with van der Waals surface area (Å²) >= 11 is 7.96. The smallest absolute Gasteiger partial charge is 0.353 e. The zero-order chi connectivity index (χ0) is 21.7. The molecule has 0 spiro atoms. The summed E-state index contributed by atoms with van der Waals surface area (Å²) in [7, 11) is 1.12. The van der Waals surface area contributed by atoms with Crippen LogP contribution in [-0.4, -0.2) is 88.3 Å². The summed E-state index contributed by atoms with van der Waals surface area (Å²) in [6.45, 7) is -0.637. The second-order valence-corrected chi connectivity index (χ2v) is 7.76. The number of esters is 1. The number of alkyl halides is 1. The highest BCUT2D eigenvalue weighted by atomic mass is 35.5. The third-order valence-corrected chi connectivity index (χ3v) is 6.37. The first-order valence-corrected chi connectivity index (χ1v) is 10.7. The van der Waals surface area contributed by atoms with E-state index in [1.54, 1.807) is 6.26 Å². The zero-order valence-corrected chi connectivity index (χ0v) is 17.6. The number of aliphatic carboxylic acids is 1. The van der Waals surface area contributed by atoms with Gasteiger partial charge in [-0.25, -0.2) is 9.59 Å². The Morgan fingerprint density at radius 1 is 1.41 bits per heavy atom. The van der Waals surface area contributed by atoms with E-state index in [-0.39, 0.29) is 5.70 Å². The molecule has 2 amide bonds. The van der Waals surface area contributed by atoms with Crippen LogP contribution < -0.4 is 5.32 Å². The Morgan fingerprint density at radius 3 is 2.66 bits per heavy atom. The van der Waals surface area contributed by atoms with Crippen LogP contribution in [0.5, 0.6) is 0 Å². The molecular formula is C15H16ClN3O8S2. The first-order chi connectivity index (χ1) is 13.8. The van der Waals surface area contributed by atoms with Gasteiger partial charge in [0.25, 0.3) is 11.8 Å². The van der Waals surface area contributed by atoms with E-state index in [1.807, 2.05) is 0 Å². The minimum Gasteiger partial charge on any atom is -0.477 e. The highest BCUT2D eigenvalue weighted by molar-refractivity contribution is 8.05. The maximum absolute atomic E-state index is 12.5. The van der Waals surface area contributed by atoms with Crippen LogP contribution in [0.2, 0.25) is 0 Å². The minimum absolute atomic E-state index is 0.121. The number of halogens is 1. The second kappa shape index (κ2) is 9.98. The number of fused-ring (bicyclic) bond motifs is 1. The number of Topliss-reactive ketones (excluding diaryl/α,β-unsaturated/α-hetero) is 1. The number of methoxy groups -OCH3 is 1. The number of carbonyl (C=O) groups excluding carboxylic acids is 4. The number of β-lactam (4-membered cyclic amide) rings is 1. The molecule has 0 aromatic heterocycles. The van der Waals surface area contributed by atoms with E-state index in [1.165, 1.54) is 23.5 Å². The number of nitrogens with zero attached hydrogens (tertiary/aromatic N) is 2. The third kappa shape index (κ3) is 4.85. The Morgan fingerprint density at radius 2 is 2.10 bits per heavy atom. The number of amides is 2. The molecule has 0 radical (unpaired) electrons. The van der Waals surface area contributed by atoms with Crippen molar-refractivity contribution in [1.82, 2.24) is 10.2 Å². The number of ketones is 1. The van der Waals surface area contributed by atoms with Crippen LogP contribution in [0.3, 0.4) is 0 Å². The molecule has 1 saturated heterocycles. The molecule has 29 heavy (non-hydrogen) atoms. The summed E-state index contributed by atoms with van der Waals surface area (Å²) in [5, 5.41) is 14.4. The fraction of sp³-hybridized carbons (Fsp3) is 0.467. The molecule has 0 bridgehead atoms. The number of oxime groups is 1. The molecule has 0 aromatic rings. The molecule has 2 N–H and O–H groups in total. The minimum atomic E-state index is -1.24.